The number of carbonyl (C=O) groups is 1. The first-order chi connectivity index (χ1) is 23.0. The van der Waals surface area contributed by atoms with Crippen LogP contribution in [0.15, 0.2) is 24.3 Å². The Hall–Kier alpha value is -1.21. The van der Waals surface area contributed by atoms with Crippen molar-refractivity contribution in [2.75, 3.05) is 6.61 Å². The van der Waals surface area contributed by atoms with Crippen molar-refractivity contribution in [3.05, 3.63) is 24.3 Å². The number of aliphatic hydroxyl groups excluding tert-OH is 4. The molecule has 0 aromatic rings. The fourth-order valence-electron chi connectivity index (χ4n) is 6.12. The Morgan fingerprint density at radius 2 is 0.894 bits per heavy atom. The van der Waals surface area contributed by atoms with Gasteiger partial charge in [0.1, 0.15) is 12.2 Å². The minimum Gasteiger partial charge on any atom is -0.394 e. The molecule has 0 fully saturated rings. The van der Waals surface area contributed by atoms with E-state index in [1.165, 1.54) is 122 Å². The normalized spacial score (nSPS) is 14.6. The average Bonchev–Trinajstić information content (AvgIpc) is 3.07. The Balaban J connectivity index is 3.80. The van der Waals surface area contributed by atoms with Crippen LogP contribution in [-0.4, -0.2) is 57.3 Å². The summed E-state index contributed by atoms with van der Waals surface area (Å²) in [4.78, 5) is 12.5. The second kappa shape index (κ2) is 36.1. The van der Waals surface area contributed by atoms with Gasteiger partial charge in [-0.05, 0) is 51.4 Å². The lowest BCUT2D eigenvalue weighted by Gasteiger charge is -2.27. The van der Waals surface area contributed by atoms with E-state index in [1.54, 1.807) is 0 Å². The molecule has 0 aromatic carbocycles. The molecule has 0 aliphatic rings. The van der Waals surface area contributed by atoms with Gasteiger partial charge in [0.15, 0.2) is 0 Å². The van der Waals surface area contributed by atoms with Crippen LogP contribution in [0.2, 0.25) is 0 Å². The van der Waals surface area contributed by atoms with Crippen LogP contribution in [0, 0.1) is 0 Å². The summed E-state index contributed by atoms with van der Waals surface area (Å²) in [5.74, 6) is -0.597. The van der Waals surface area contributed by atoms with Crippen LogP contribution in [-0.2, 0) is 4.79 Å². The van der Waals surface area contributed by atoms with E-state index in [0.29, 0.717) is 19.3 Å². The molecule has 0 saturated heterocycles. The minimum absolute atomic E-state index is 0.364. The summed E-state index contributed by atoms with van der Waals surface area (Å²) >= 11 is 0. The molecule has 0 aliphatic carbocycles. The molecule has 4 unspecified atom stereocenters. The van der Waals surface area contributed by atoms with Gasteiger partial charge in [0.05, 0.1) is 18.8 Å². The van der Waals surface area contributed by atoms with Gasteiger partial charge in [0.25, 0.3) is 0 Å². The standard InChI is InChI=1S/C41H79NO5/c1-3-5-7-9-11-13-15-17-18-19-20-21-23-25-27-29-31-33-35-39(45)41(47)42-37(36-43)40(46)38(44)34-32-30-28-26-24-22-16-14-12-10-8-6-4-2/h14,16,26,28,37-40,43-46H,3-13,15,17-25,27,29-36H2,1-2H3,(H,42,47)/b16-14+,28-26+. The summed E-state index contributed by atoms with van der Waals surface area (Å²) in [5, 5.41) is 43.5. The number of amides is 1. The summed E-state index contributed by atoms with van der Waals surface area (Å²) in [6.45, 7) is 4.00. The van der Waals surface area contributed by atoms with Gasteiger partial charge in [-0.15, -0.1) is 0 Å². The number of hydrogen-bond donors (Lipinski definition) is 5. The lowest BCUT2D eigenvalue weighted by molar-refractivity contribution is -0.132. The Labute approximate surface area is 291 Å². The van der Waals surface area contributed by atoms with Crippen molar-refractivity contribution in [3.8, 4) is 0 Å². The number of carbonyl (C=O) groups excluding carboxylic acids is 1. The molecule has 0 radical (unpaired) electrons. The summed E-state index contributed by atoms with van der Waals surface area (Å²) in [7, 11) is 0. The maximum absolute atomic E-state index is 12.5. The Morgan fingerprint density at radius 1 is 0.511 bits per heavy atom. The number of allylic oxidation sites excluding steroid dienone is 4. The molecule has 0 saturated carbocycles. The van der Waals surface area contributed by atoms with Crippen LogP contribution in [0.4, 0.5) is 0 Å². The molecule has 0 rings (SSSR count). The molecular weight excluding hydrogens is 586 g/mol. The third kappa shape index (κ3) is 30.6. The molecular formula is C41H79NO5. The number of aliphatic hydroxyl groups is 4. The lowest BCUT2D eigenvalue weighted by Crippen LogP contribution is -2.53. The van der Waals surface area contributed by atoms with E-state index in [9.17, 15) is 25.2 Å². The first-order valence-corrected chi connectivity index (χ1v) is 20.2. The molecule has 4 atom stereocenters. The SMILES string of the molecule is CCCCCC/C=C/CC/C=C/CCCC(O)C(O)C(CO)NC(=O)C(O)CCCCCCCCCCCCCCCCCCCC. The maximum Gasteiger partial charge on any atom is 0.249 e. The van der Waals surface area contributed by atoms with E-state index in [0.717, 1.165) is 44.9 Å². The molecule has 0 aromatic heterocycles. The van der Waals surface area contributed by atoms with Crippen LogP contribution >= 0.6 is 0 Å². The number of unbranched alkanes of at least 4 members (excludes halogenated alkanes) is 23. The smallest absolute Gasteiger partial charge is 0.249 e. The molecule has 0 aliphatic heterocycles. The molecule has 0 heterocycles. The van der Waals surface area contributed by atoms with Crippen molar-refractivity contribution in [1.82, 2.24) is 5.32 Å². The van der Waals surface area contributed by atoms with Gasteiger partial charge >= 0.3 is 0 Å². The van der Waals surface area contributed by atoms with Gasteiger partial charge < -0.3 is 25.7 Å². The molecule has 0 bridgehead atoms. The van der Waals surface area contributed by atoms with Gasteiger partial charge in [-0.3, -0.25) is 4.79 Å². The van der Waals surface area contributed by atoms with Gasteiger partial charge in [0.2, 0.25) is 5.91 Å². The average molecular weight is 666 g/mol. The molecule has 278 valence electrons. The third-order valence-electron chi connectivity index (χ3n) is 9.39. The first-order valence-electron chi connectivity index (χ1n) is 20.2. The zero-order valence-electron chi connectivity index (χ0n) is 31.0. The molecule has 0 spiro atoms. The van der Waals surface area contributed by atoms with E-state index in [1.807, 2.05) is 0 Å². The molecule has 1 amide bonds. The zero-order valence-corrected chi connectivity index (χ0v) is 31.0. The van der Waals surface area contributed by atoms with Crippen LogP contribution in [0.25, 0.3) is 0 Å². The maximum atomic E-state index is 12.5. The summed E-state index contributed by atoms with van der Waals surface area (Å²) < 4.78 is 0. The van der Waals surface area contributed by atoms with Gasteiger partial charge in [-0.1, -0.05) is 173 Å². The largest absolute Gasteiger partial charge is 0.394 e. The van der Waals surface area contributed by atoms with E-state index >= 15 is 0 Å². The minimum atomic E-state index is -1.28. The van der Waals surface area contributed by atoms with Crippen molar-refractivity contribution in [2.45, 2.75) is 224 Å². The number of hydrogen-bond acceptors (Lipinski definition) is 5. The number of nitrogens with one attached hydrogen (secondary N) is 1. The van der Waals surface area contributed by atoms with Crippen LogP contribution < -0.4 is 5.32 Å². The predicted molar refractivity (Wildman–Crippen MR) is 201 cm³/mol. The molecule has 5 N–H and O–H groups in total. The van der Waals surface area contributed by atoms with Gasteiger partial charge in [-0.25, -0.2) is 0 Å². The van der Waals surface area contributed by atoms with Gasteiger partial charge in [-0.2, -0.15) is 0 Å². The quantitative estimate of drug-likeness (QED) is 0.0338. The molecule has 6 heteroatoms. The van der Waals surface area contributed by atoms with E-state index in [-0.39, 0.29) is 0 Å². The highest BCUT2D eigenvalue weighted by molar-refractivity contribution is 5.80. The van der Waals surface area contributed by atoms with Crippen LogP contribution in [0.5, 0.6) is 0 Å². The van der Waals surface area contributed by atoms with Crippen molar-refractivity contribution in [2.24, 2.45) is 0 Å². The second-order valence-electron chi connectivity index (χ2n) is 14.0. The van der Waals surface area contributed by atoms with E-state index in [2.05, 4.69) is 43.5 Å². The molecule has 47 heavy (non-hydrogen) atoms. The van der Waals surface area contributed by atoms with E-state index < -0.39 is 36.9 Å². The summed E-state index contributed by atoms with van der Waals surface area (Å²) in [5.41, 5.74) is 0. The van der Waals surface area contributed by atoms with Crippen LogP contribution in [0.1, 0.15) is 200 Å². The van der Waals surface area contributed by atoms with Crippen molar-refractivity contribution in [1.29, 1.82) is 0 Å². The van der Waals surface area contributed by atoms with E-state index in [4.69, 9.17) is 0 Å². The van der Waals surface area contributed by atoms with Crippen molar-refractivity contribution >= 4 is 5.91 Å². The highest BCUT2D eigenvalue weighted by Crippen LogP contribution is 2.15. The molecule has 6 nitrogen and oxygen atoms in total. The van der Waals surface area contributed by atoms with Crippen LogP contribution in [0.3, 0.4) is 0 Å². The fraction of sp³-hybridized carbons (Fsp3) is 0.878. The van der Waals surface area contributed by atoms with Gasteiger partial charge in [0, 0.05) is 0 Å². The zero-order chi connectivity index (χ0) is 34.6. The summed E-state index contributed by atoms with van der Waals surface area (Å²) in [6, 6.07) is -1.00. The fourth-order valence-corrected chi connectivity index (χ4v) is 6.12. The first kappa shape index (κ1) is 45.8. The highest BCUT2D eigenvalue weighted by atomic mass is 16.3. The monoisotopic (exact) mass is 666 g/mol. The Bertz CT molecular complexity index is 712. The van der Waals surface area contributed by atoms with Crippen molar-refractivity contribution in [3.63, 3.8) is 0 Å². The van der Waals surface area contributed by atoms with Crippen molar-refractivity contribution < 1.29 is 25.2 Å². The predicted octanol–water partition coefficient (Wildman–Crippen LogP) is 10.0. The number of rotatable bonds is 36. The Kier molecular flexibility index (Phi) is 35.2. The Morgan fingerprint density at radius 3 is 1.34 bits per heavy atom. The topological polar surface area (TPSA) is 110 Å². The second-order valence-corrected chi connectivity index (χ2v) is 14.0. The third-order valence-corrected chi connectivity index (χ3v) is 9.39. The highest BCUT2D eigenvalue weighted by Gasteiger charge is 2.28. The summed E-state index contributed by atoms with van der Waals surface area (Å²) in [6.07, 6.45) is 39.2. The lowest BCUT2D eigenvalue weighted by atomic mass is 10.00.